The lowest BCUT2D eigenvalue weighted by Crippen LogP contribution is -2.35. The van der Waals surface area contributed by atoms with Crippen molar-refractivity contribution in [2.45, 2.75) is 24.5 Å². The van der Waals surface area contributed by atoms with Gasteiger partial charge in [0.15, 0.2) is 17.6 Å². The maximum atomic E-state index is 12.2. The second-order valence-corrected chi connectivity index (χ2v) is 7.24. The fourth-order valence-corrected chi connectivity index (χ4v) is 2.85. The Hall–Kier alpha value is -2.78. The number of rotatable bonds is 6. The number of hydrogen-bond acceptors (Lipinski definition) is 6. The molecule has 26 heavy (non-hydrogen) atoms. The molecule has 1 aliphatic rings. The van der Waals surface area contributed by atoms with Gasteiger partial charge in [0.05, 0.1) is 4.90 Å². The van der Waals surface area contributed by atoms with Crippen LogP contribution >= 0.6 is 0 Å². The van der Waals surface area contributed by atoms with Gasteiger partial charge in [0.2, 0.25) is 16.8 Å². The van der Waals surface area contributed by atoms with Crippen molar-refractivity contribution in [3.63, 3.8) is 0 Å². The third-order valence-electron chi connectivity index (χ3n) is 3.74. The summed E-state index contributed by atoms with van der Waals surface area (Å²) in [5.74, 6) is 1.40. The highest BCUT2D eigenvalue weighted by Gasteiger charge is 2.18. The maximum Gasteiger partial charge on any atom is 0.261 e. The molecule has 0 aromatic heterocycles. The van der Waals surface area contributed by atoms with E-state index in [1.54, 1.807) is 37.3 Å². The van der Waals surface area contributed by atoms with Crippen LogP contribution in [0.2, 0.25) is 0 Å². The van der Waals surface area contributed by atoms with Crippen LogP contribution in [0.4, 0.5) is 0 Å². The number of primary sulfonamides is 1. The van der Waals surface area contributed by atoms with Gasteiger partial charge >= 0.3 is 0 Å². The molecule has 1 aliphatic heterocycles. The summed E-state index contributed by atoms with van der Waals surface area (Å²) in [5, 5.41) is 7.77. The van der Waals surface area contributed by atoms with E-state index in [9.17, 15) is 13.2 Å². The number of carbonyl (C=O) groups is 1. The first-order valence-electron chi connectivity index (χ1n) is 7.79. The van der Waals surface area contributed by atoms with Crippen LogP contribution in [-0.4, -0.2) is 27.2 Å². The van der Waals surface area contributed by atoms with Crippen molar-refractivity contribution in [3.8, 4) is 17.2 Å². The summed E-state index contributed by atoms with van der Waals surface area (Å²) in [5.41, 5.74) is 0.737. The molecular weight excluding hydrogens is 360 g/mol. The molecule has 0 spiro atoms. The Bertz CT molecular complexity index is 911. The molecular formula is C17H18N2O6S. The van der Waals surface area contributed by atoms with Gasteiger partial charge in [-0.2, -0.15) is 0 Å². The molecule has 0 unspecified atom stereocenters. The predicted octanol–water partition coefficient (Wildman–Crippen LogP) is 1.15. The van der Waals surface area contributed by atoms with Crippen LogP contribution in [0.15, 0.2) is 47.4 Å². The second kappa shape index (κ2) is 7.22. The van der Waals surface area contributed by atoms with Crippen molar-refractivity contribution in [2.75, 3.05) is 6.79 Å². The molecule has 3 rings (SSSR count). The molecule has 0 aliphatic carbocycles. The van der Waals surface area contributed by atoms with Gasteiger partial charge in [-0.05, 0) is 36.8 Å². The van der Waals surface area contributed by atoms with Gasteiger partial charge in [0, 0.05) is 12.6 Å². The highest BCUT2D eigenvalue weighted by Crippen LogP contribution is 2.35. The van der Waals surface area contributed by atoms with Gasteiger partial charge in [-0.15, -0.1) is 0 Å². The topological polar surface area (TPSA) is 117 Å². The number of sulfonamides is 1. The number of hydrogen-bond donors (Lipinski definition) is 2. The van der Waals surface area contributed by atoms with Crippen molar-refractivity contribution in [2.24, 2.45) is 5.14 Å². The average Bonchev–Trinajstić information content (AvgIpc) is 3.07. The number of amides is 1. The molecule has 1 heterocycles. The van der Waals surface area contributed by atoms with Gasteiger partial charge < -0.3 is 19.5 Å². The Morgan fingerprint density at radius 3 is 2.58 bits per heavy atom. The first kappa shape index (κ1) is 18.0. The van der Waals surface area contributed by atoms with E-state index in [0.717, 1.165) is 5.56 Å². The minimum atomic E-state index is -3.73. The number of ether oxygens (including phenoxy) is 3. The lowest BCUT2D eigenvalue weighted by atomic mass is 10.2. The Kier molecular flexibility index (Phi) is 5.01. The predicted molar refractivity (Wildman–Crippen MR) is 92.3 cm³/mol. The smallest absolute Gasteiger partial charge is 0.261 e. The van der Waals surface area contributed by atoms with E-state index in [4.69, 9.17) is 19.3 Å². The fourth-order valence-electron chi connectivity index (χ4n) is 2.34. The summed E-state index contributed by atoms with van der Waals surface area (Å²) >= 11 is 0. The molecule has 138 valence electrons. The quantitative estimate of drug-likeness (QED) is 0.779. The summed E-state index contributed by atoms with van der Waals surface area (Å²) in [6, 6.07) is 11.0. The summed E-state index contributed by atoms with van der Waals surface area (Å²) in [7, 11) is -3.73. The van der Waals surface area contributed by atoms with E-state index < -0.39 is 16.1 Å². The molecule has 2 aromatic carbocycles. The Morgan fingerprint density at radius 2 is 1.88 bits per heavy atom. The third-order valence-corrected chi connectivity index (χ3v) is 4.67. The molecule has 1 atom stereocenters. The van der Waals surface area contributed by atoms with Crippen LogP contribution in [0, 0.1) is 0 Å². The van der Waals surface area contributed by atoms with Crippen molar-refractivity contribution in [3.05, 3.63) is 48.0 Å². The number of fused-ring (bicyclic) bond motifs is 1. The first-order valence-corrected chi connectivity index (χ1v) is 9.33. The molecule has 0 saturated carbocycles. The molecule has 0 fully saturated rings. The van der Waals surface area contributed by atoms with Crippen molar-refractivity contribution < 1.29 is 27.4 Å². The third kappa shape index (κ3) is 4.24. The van der Waals surface area contributed by atoms with Crippen molar-refractivity contribution in [1.82, 2.24) is 5.32 Å². The van der Waals surface area contributed by atoms with Gasteiger partial charge in [-0.1, -0.05) is 12.1 Å². The van der Waals surface area contributed by atoms with Crippen LogP contribution in [0.5, 0.6) is 17.2 Å². The van der Waals surface area contributed by atoms with Crippen molar-refractivity contribution >= 4 is 15.9 Å². The van der Waals surface area contributed by atoms with Crippen LogP contribution in [0.1, 0.15) is 12.5 Å². The Balaban J connectivity index is 1.54. The molecule has 0 saturated heterocycles. The van der Waals surface area contributed by atoms with E-state index in [0.29, 0.717) is 17.2 Å². The lowest BCUT2D eigenvalue weighted by molar-refractivity contribution is -0.127. The van der Waals surface area contributed by atoms with E-state index in [1.807, 2.05) is 0 Å². The second-order valence-electron chi connectivity index (χ2n) is 5.68. The number of benzene rings is 2. The molecule has 0 bridgehead atoms. The molecule has 1 amide bonds. The van der Waals surface area contributed by atoms with Crippen LogP contribution in [-0.2, 0) is 21.4 Å². The van der Waals surface area contributed by atoms with Crippen LogP contribution in [0.3, 0.4) is 0 Å². The molecule has 0 radical (unpaired) electrons. The number of nitrogens with one attached hydrogen (secondary N) is 1. The summed E-state index contributed by atoms with van der Waals surface area (Å²) < 4.78 is 38.5. The number of carbonyl (C=O) groups excluding carboxylic acids is 1. The monoisotopic (exact) mass is 378 g/mol. The van der Waals surface area contributed by atoms with Gasteiger partial charge in [-0.25, -0.2) is 13.6 Å². The molecule has 8 nitrogen and oxygen atoms in total. The van der Waals surface area contributed by atoms with Gasteiger partial charge in [0.25, 0.3) is 5.91 Å². The standard InChI is InChI=1S/C17H18N2O6S/c1-11(25-13-4-7-15-16(8-13)24-10-23-15)17(20)19-9-12-2-5-14(6-3-12)26(18,21)22/h2-8,11H,9-10H2,1H3,(H,19,20)(H2,18,21,22)/t11-/m1/s1. The normalized spacial score (nSPS) is 13.9. The zero-order valence-electron chi connectivity index (χ0n) is 14.0. The largest absolute Gasteiger partial charge is 0.481 e. The minimum absolute atomic E-state index is 0.0205. The lowest BCUT2D eigenvalue weighted by Gasteiger charge is -2.15. The summed E-state index contributed by atoms with van der Waals surface area (Å²) in [4.78, 5) is 12.2. The zero-order chi connectivity index (χ0) is 18.7. The molecule has 2 aromatic rings. The van der Waals surface area contributed by atoms with Crippen molar-refractivity contribution in [1.29, 1.82) is 0 Å². The number of nitrogens with two attached hydrogens (primary N) is 1. The zero-order valence-corrected chi connectivity index (χ0v) is 14.8. The van der Waals surface area contributed by atoms with E-state index in [1.165, 1.54) is 12.1 Å². The molecule has 3 N–H and O–H groups in total. The maximum absolute atomic E-state index is 12.2. The highest BCUT2D eigenvalue weighted by molar-refractivity contribution is 7.89. The van der Waals surface area contributed by atoms with E-state index in [2.05, 4.69) is 5.32 Å². The SMILES string of the molecule is C[C@@H](Oc1ccc2c(c1)OCO2)C(=O)NCc1ccc(S(N)(=O)=O)cc1. The summed E-state index contributed by atoms with van der Waals surface area (Å²) in [6.45, 7) is 2.03. The van der Waals surface area contributed by atoms with E-state index in [-0.39, 0.29) is 24.1 Å². The highest BCUT2D eigenvalue weighted by atomic mass is 32.2. The average molecular weight is 378 g/mol. The first-order chi connectivity index (χ1) is 12.3. The van der Waals surface area contributed by atoms with Crippen LogP contribution < -0.4 is 24.7 Å². The van der Waals surface area contributed by atoms with E-state index >= 15 is 0 Å². The Morgan fingerprint density at radius 1 is 1.19 bits per heavy atom. The molecule has 9 heteroatoms. The fraction of sp³-hybridized carbons (Fsp3) is 0.235. The van der Waals surface area contributed by atoms with Gasteiger partial charge in [-0.3, -0.25) is 4.79 Å². The van der Waals surface area contributed by atoms with Crippen LogP contribution in [0.25, 0.3) is 0 Å². The van der Waals surface area contributed by atoms with Gasteiger partial charge in [0.1, 0.15) is 5.75 Å². The minimum Gasteiger partial charge on any atom is -0.481 e. The Labute approximate surface area is 150 Å². The summed E-state index contributed by atoms with van der Waals surface area (Å²) in [6.07, 6.45) is -0.723.